The highest BCUT2D eigenvalue weighted by atomic mass is 32.2. The minimum Gasteiger partial charge on any atom is -0.315 e. The molecule has 0 fully saturated rings. The third kappa shape index (κ3) is 3.06. The lowest BCUT2D eigenvalue weighted by Crippen LogP contribution is -2.22. The molecule has 0 saturated heterocycles. The summed E-state index contributed by atoms with van der Waals surface area (Å²) in [7, 11) is -3.03. The number of hydrogen-bond donors (Lipinski definition) is 0. The van der Waals surface area contributed by atoms with Crippen molar-refractivity contribution in [1.29, 1.82) is 0 Å². The van der Waals surface area contributed by atoms with Gasteiger partial charge in [-0.2, -0.15) is 0 Å². The zero-order valence-corrected chi connectivity index (χ0v) is 12.6. The molecule has 2 aromatic heterocycles. The molecule has 0 aromatic carbocycles. The van der Waals surface area contributed by atoms with Gasteiger partial charge in [-0.1, -0.05) is 0 Å². The number of fused-ring (bicyclic) bond motifs is 1. The molecule has 2 rings (SSSR count). The largest absolute Gasteiger partial charge is 0.315 e. The molecule has 4 nitrogen and oxygen atoms in total. The van der Waals surface area contributed by atoms with E-state index in [1.165, 1.54) is 11.3 Å². The van der Waals surface area contributed by atoms with Crippen LogP contribution < -0.4 is 5.56 Å². The lowest BCUT2D eigenvalue weighted by atomic mass is 10.3. The maximum absolute atomic E-state index is 12.1. The topological polar surface area (TPSA) is 56.1 Å². The van der Waals surface area contributed by atoms with Gasteiger partial charge in [-0.15, -0.1) is 11.3 Å². The summed E-state index contributed by atoms with van der Waals surface area (Å²) in [6.45, 7) is 3.80. The summed E-state index contributed by atoms with van der Waals surface area (Å²) in [4.78, 5) is 12.1. The minimum atomic E-state index is -3.03. The molecule has 0 bridgehead atoms. The molecule has 0 N–H and O–H groups in total. The van der Waals surface area contributed by atoms with E-state index in [-0.39, 0.29) is 16.6 Å². The summed E-state index contributed by atoms with van der Waals surface area (Å²) in [6, 6.07) is 3.71. The Bertz CT molecular complexity index is 726. The summed E-state index contributed by atoms with van der Waals surface area (Å²) in [6.07, 6.45) is 2.21. The molecular weight excluding hydrogens is 282 g/mol. The van der Waals surface area contributed by atoms with Gasteiger partial charge in [-0.05, 0) is 37.8 Å². The molecule has 0 saturated carbocycles. The summed E-state index contributed by atoms with van der Waals surface area (Å²) in [5.74, 6) is 0.124. The van der Waals surface area contributed by atoms with Crippen molar-refractivity contribution in [3.8, 4) is 0 Å². The second-order valence-electron chi connectivity index (χ2n) is 4.78. The zero-order valence-electron chi connectivity index (χ0n) is 11.0. The van der Waals surface area contributed by atoms with Gasteiger partial charge >= 0.3 is 0 Å². The van der Waals surface area contributed by atoms with Gasteiger partial charge in [0.15, 0.2) is 9.84 Å². The normalized spacial score (nSPS) is 12.4. The molecule has 2 heterocycles. The molecule has 0 amide bonds. The second kappa shape index (κ2) is 5.46. The number of pyridine rings is 1. The fourth-order valence-corrected chi connectivity index (χ4v) is 3.63. The fourth-order valence-electron chi connectivity index (χ4n) is 1.85. The van der Waals surface area contributed by atoms with Crippen LogP contribution in [0.1, 0.15) is 20.3 Å². The Labute approximate surface area is 116 Å². The fraction of sp³-hybridized carbons (Fsp3) is 0.462. The highest BCUT2D eigenvalue weighted by molar-refractivity contribution is 7.91. The summed E-state index contributed by atoms with van der Waals surface area (Å²) < 4.78 is 25.9. The van der Waals surface area contributed by atoms with Gasteiger partial charge in [0, 0.05) is 17.4 Å². The maximum Gasteiger partial charge on any atom is 0.259 e. The van der Waals surface area contributed by atoms with Crippen molar-refractivity contribution < 1.29 is 8.42 Å². The molecule has 2 aromatic rings. The highest BCUT2D eigenvalue weighted by Gasteiger charge is 2.15. The number of aromatic nitrogens is 1. The Kier molecular flexibility index (Phi) is 4.10. The average molecular weight is 299 g/mol. The summed E-state index contributed by atoms with van der Waals surface area (Å²) in [5, 5.41) is 2.24. The quantitative estimate of drug-likeness (QED) is 0.851. The van der Waals surface area contributed by atoms with E-state index in [0.29, 0.717) is 18.4 Å². The van der Waals surface area contributed by atoms with E-state index in [0.717, 1.165) is 4.70 Å². The zero-order chi connectivity index (χ0) is 14.0. The van der Waals surface area contributed by atoms with E-state index in [4.69, 9.17) is 0 Å². The van der Waals surface area contributed by atoms with E-state index in [2.05, 4.69) is 0 Å². The van der Waals surface area contributed by atoms with Crippen molar-refractivity contribution in [2.24, 2.45) is 0 Å². The summed E-state index contributed by atoms with van der Waals surface area (Å²) >= 11 is 1.53. The molecule has 6 heteroatoms. The monoisotopic (exact) mass is 299 g/mol. The van der Waals surface area contributed by atoms with Gasteiger partial charge in [0.05, 0.1) is 16.4 Å². The SMILES string of the molecule is CC(C)S(=O)(=O)CCCn1ccc2sccc2c1=O. The molecule has 19 heavy (non-hydrogen) atoms. The molecule has 0 spiro atoms. The predicted octanol–water partition coefficient (Wildman–Crippen LogP) is 2.28. The number of thiophene rings is 1. The number of aryl methyl sites for hydroxylation is 1. The predicted molar refractivity (Wildman–Crippen MR) is 79.6 cm³/mol. The Morgan fingerprint density at radius 2 is 2.05 bits per heavy atom. The van der Waals surface area contributed by atoms with E-state index in [9.17, 15) is 13.2 Å². The lowest BCUT2D eigenvalue weighted by Gasteiger charge is -2.08. The average Bonchev–Trinajstić information content (AvgIpc) is 2.80. The number of sulfone groups is 1. The number of rotatable bonds is 5. The van der Waals surface area contributed by atoms with Crippen molar-refractivity contribution in [3.63, 3.8) is 0 Å². The van der Waals surface area contributed by atoms with Crippen LogP contribution in [-0.4, -0.2) is 24.0 Å². The number of nitrogens with zero attached hydrogens (tertiary/aromatic N) is 1. The van der Waals surface area contributed by atoms with Crippen LogP contribution in [0.2, 0.25) is 0 Å². The standard InChI is InChI=1S/C13H17NO3S2/c1-10(2)19(16,17)9-3-6-14-7-4-12-11(13(14)15)5-8-18-12/h4-5,7-8,10H,3,6,9H2,1-2H3. The minimum absolute atomic E-state index is 0.0410. The van der Waals surface area contributed by atoms with E-state index in [1.54, 1.807) is 24.6 Å². The van der Waals surface area contributed by atoms with Crippen molar-refractivity contribution in [2.45, 2.75) is 32.1 Å². The first-order valence-electron chi connectivity index (χ1n) is 6.20. The molecule has 104 valence electrons. The van der Waals surface area contributed by atoms with Gasteiger partial charge in [0.1, 0.15) is 0 Å². The van der Waals surface area contributed by atoms with Crippen molar-refractivity contribution >= 4 is 31.3 Å². The van der Waals surface area contributed by atoms with Crippen molar-refractivity contribution in [1.82, 2.24) is 4.57 Å². The third-order valence-electron chi connectivity index (χ3n) is 3.14. The van der Waals surface area contributed by atoms with Crippen molar-refractivity contribution in [3.05, 3.63) is 34.1 Å². The van der Waals surface area contributed by atoms with E-state index in [1.807, 2.05) is 17.5 Å². The van der Waals surface area contributed by atoms with Gasteiger partial charge in [-0.25, -0.2) is 8.42 Å². The molecule has 0 aliphatic heterocycles. The molecule has 0 aliphatic carbocycles. The third-order valence-corrected chi connectivity index (χ3v) is 6.31. The smallest absolute Gasteiger partial charge is 0.259 e. The van der Waals surface area contributed by atoms with Crippen LogP contribution in [-0.2, 0) is 16.4 Å². The van der Waals surface area contributed by atoms with Crippen LogP contribution in [0.5, 0.6) is 0 Å². The Hall–Kier alpha value is -1.14. The first kappa shape index (κ1) is 14.3. The molecule has 0 atom stereocenters. The van der Waals surface area contributed by atoms with Gasteiger partial charge < -0.3 is 4.57 Å². The number of hydrogen-bond acceptors (Lipinski definition) is 4. The first-order chi connectivity index (χ1) is 8.92. The van der Waals surface area contributed by atoms with Gasteiger partial charge in [-0.3, -0.25) is 4.79 Å². The molecule has 0 unspecified atom stereocenters. The van der Waals surface area contributed by atoms with Crippen LogP contribution in [0.3, 0.4) is 0 Å². The van der Waals surface area contributed by atoms with Crippen LogP contribution in [0, 0.1) is 0 Å². The maximum atomic E-state index is 12.1. The molecule has 0 aliphatic rings. The highest BCUT2D eigenvalue weighted by Crippen LogP contribution is 2.16. The van der Waals surface area contributed by atoms with Crippen LogP contribution >= 0.6 is 11.3 Å². The van der Waals surface area contributed by atoms with Gasteiger partial charge in [0.2, 0.25) is 0 Å². The summed E-state index contributed by atoms with van der Waals surface area (Å²) in [5.41, 5.74) is -0.0410. The molecule has 0 radical (unpaired) electrons. The van der Waals surface area contributed by atoms with Gasteiger partial charge in [0.25, 0.3) is 5.56 Å². The first-order valence-corrected chi connectivity index (χ1v) is 8.79. The Balaban J connectivity index is 2.11. The second-order valence-corrected chi connectivity index (χ2v) is 8.41. The van der Waals surface area contributed by atoms with E-state index >= 15 is 0 Å². The van der Waals surface area contributed by atoms with E-state index < -0.39 is 9.84 Å². The Morgan fingerprint density at radius 1 is 1.32 bits per heavy atom. The lowest BCUT2D eigenvalue weighted by molar-refractivity contribution is 0.576. The Morgan fingerprint density at radius 3 is 2.74 bits per heavy atom. The van der Waals surface area contributed by atoms with Crippen molar-refractivity contribution in [2.75, 3.05) is 5.75 Å². The van der Waals surface area contributed by atoms with Crippen LogP contribution in [0.25, 0.3) is 10.1 Å². The molecular formula is C13H17NO3S2. The van der Waals surface area contributed by atoms with Crippen LogP contribution in [0.15, 0.2) is 28.5 Å². The van der Waals surface area contributed by atoms with Crippen LogP contribution in [0.4, 0.5) is 0 Å².